The van der Waals surface area contributed by atoms with Crippen LogP contribution in [0.2, 0.25) is 5.02 Å². The van der Waals surface area contributed by atoms with Crippen LogP contribution in [-0.2, 0) is 0 Å². The summed E-state index contributed by atoms with van der Waals surface area (Å²) in [6, 6.07) is 7.43. The van der Waals surface area contributed by atoms with Crippen LogP contribution in [0.3, 0.4) is 0 Å². The van der Waals surface area contributed by atoms with Crippen LogP contribution in [0, 0.1) is 11.6 Å². The summed E-state index contributed by atoms with van der Waals surface area (Å²) in [5.74, 6) is -2.53. The van der Waals surface area contributed by atoms with E-state index in [4.69, 9.17) is 11.6 Å². The number of fused-ring (bicyclic) bond motifs is 1. The number of aromatic nitrogens is 3. The molecule has 1 aliphatic carbocycles. The predicted molar refractivity (Wildman–Crippen MR) is 111 cm³/mol. The van der Waals surface area contributed by atoms with E-state index >= 15 is 4.39 Å². The molecule has 0 amide bonds. The number of nitrogens with zero attached hydrogens (tertiary/aromatic N) is 2. The minimum atomic E-state index is -1.34. The van der Waals surface area contributed by atoms with Gasteiger partial charge in [0.2, 0.25) is 0 Å². The number of carboxylic acid groups (broad SMARTS) is 1. The molecular formula is C21H15ClF2N3NaO2S. The van der Waals surface area contributed by atoms with Gasteiger partial charge in [-0.2, -0.15) is 5.10 Å². The summed E-state index contributed by atoms with van der Waals surface area (Å²) in [5.41, 5.74) is 1.39. The molecule has 0 aliphatic heterocycles. The number of nitrogens with one attached hydrogen (secondary N) is 1. The topological polar surface area (TPSA) is 70.9 Å². The van der Waals surface area contributed by atoms with Gasteiger partial charge in [0.05, 0.1) is 28.0 Å². The molecule has 10 heteroatoms. The van der Waals surface area contributed by atoms with Crippen LogP contribution in [0.15, 0.2) is 52.5 Å². The largest absolute Gasteiger partial charge is 1.00 e. The first-order valence-electron chi connectivity index (χ1n) is 9.18. The van der Waals surface area contributed by atoms with Crippen molar-refractivity contribution < 1.29 is 49.7 Å². The quantitative estimate of drug-likeness (QED) is 0.441. The number of hydrogen-bond acceptors (Lipinski definition) is 3. The van der Waals surface area contributed by atoms with E-state index in [1.54, 1.807) is 23.0 Å². The van der Waals surface area contributed by atoms with Gasteiger partial charge in [-0.05, 0) is 37.1 Å². The molecule has 0 saturated heterocycles. The van der Waals surface area contributed by atoms with Crippen LogP contribution in [0.1, 0.15) is 36.2 Å². The molecule has 0 radical (unpaired) electrons. The van der Waals surface area contributed by atoms with Crippen molar-refractivity contribution in [2.75, 3.05) is 0 Å². The van der Waals surface area contributed by atoms with Crippen LogP contribution in [0.5, 0.6) is 0 Å². The summed E-state index contributed by atoms with van der Waals surface area (Å²) in [5, 5.41) is 16.6. The van der Waals surface area contributed by atoms with E-state index in [0.717, 1.165) is 30.3 Å². The summed E-state index contributed by atoms with van der Waals surface area (Å²) in [6.45, 7) is 0. The fraction of sp³-hybridized carbons (Fsp3) is 0.143. The molecule has 0 spiro atoms. The zero-order valence-electron chi connectivity index (χ0n) is 17.3. The molecule has 0 atom stereocenters. The molecule has 1 fully saturated rings. The Morgan fingerprint density at radius 2 is 2.03 bits per heavy atom. The first kappa shape index (κ1) is 22.4. The van der Waals surface area contributed by atoms with E-state index in [9.17, 15) is 14.3 Å². The van der Waals surface area contributed by atoms with Crippen molar-refractivity contribution >= 4 is 40.2 Å². The standard InChI is InChI=1S/C21H14ClF2N3O2S.Na.H/c22-14-7-6-13-19(17(14)24)27(11-8-25-26-9-11)18(10-4-5-10)20(13)30-15-3-1-2-12(16(15)23)21(28)29;;/h1-3,6-10H,4-5H2,(H,25,26)(H,28,29);;/q;+1;-1. The van der Waals surface area contributed by atoms with Gasteiger partial charge in [0.1, 0.15) is 0 Å². The summed E-state index contributed by atoms with van der Waals surface area (Å²) >= 11 is 7.18. The molecule has 2 aromatic carbocycles. The Bertz CT molecular complexity index is 1310. The van der Waals surface area contributed by atoms with Gasteiger partial charge in [0, 0.05) is 33.0 Å². The monoisotopic (exact) mass is 469 g/mol. The van der Waals surface area contributed by atoms with E-state index in [-0.39, 0.29) is 46.8 Å². The number of aromatic amines is 1. The number of halogens is 3. The van der Waals surface area contributed by atoms with Gasteiger partial charge in [-0.25, -0.2) is 13.6 Å². The third-order valence-corrected chi connectivity index (χ3v) is 6.58. The maximum atomic E-state index is 15.2. The van der Waals surface area contributed by atoms with Crippen LogP contribution in [0.4, 0.5) is 8.78 Å². The summed E-state index contributed by atoms with van der Waals surface area (Å²) < 4.78 is 31.8. The molecule has 2 N–H and O–H groups in total. The summed E-state index contributed by atoms with van der Waals surface area (Å²) in [4.78, 5) is 12.2. The fourth-order valence-electron chi connectivity index (χ4n) is 3.63. The van der Waals surface area contributed by atoms with Gasteiger partial charge in [0.15, 0.2) is 11.6 Å². The van der Waals surface area contributed by atoms with Gasteiger partial charge in [0.25, 0.3) is 0 Å². The molecule has 0 unspecified atom stereocenters. The second-order valence-corrected chi connectivity index (χ2v) is 8.52. The van der Waals surface area contributed by atoms with Crippen LogP contribution in [0.25, 0.3) is 16.6 Å². The number of H-pyrrole nitrogens is 1. The number of benzene rings is 2. The van der Waals surface area contributed by atoms with Gasteiger partial charge in [-0.3, -0.25) is 5.10 Å². The Kier molecular flexibility index (Phi) is 6.20. The molecule has 154 valence electrons. The summed E-state index contributed by atoms with van der Waals surface area (Å²) in [6.07, 6.45) is 5.10. The molecule has 0 bridgehead atoms. The van der Waals surface area contributed by atoms with Gasteiger partial charge in [-0.1, -0.05) is 29.4 Å². The van der Waals surface area contributed by atoms with Crippen molar-refractivity contribution in [3.8, 4) is 5.69 Å². The molecule has 5 nitrogen and oxygen atoms in total. The average molecular weight is 470 g/mol. The Hall–Kier alpha value is -1.84. The number of carbonyl (C=O) groups is 1. The first-order valence-corrected chi connectivity index (χ1v) is 10.4. The van der Waals surface area contributed by atoms with Crippen molar-refractivity contribution in [1.82, 2.24) is 14.8 Å². The maximum Gasteiger partial charge on any atom is 1.00 e. The van der Waals surface area contributed by atoms with Crippen molar-refractivity contribution in [3.63, 3.8) is 0 Å². The van der Waals surface area contributed by atoms with Crippen molar-refractivity contribution in [2.45, 2.75) is 28.6 Å². The Morgan fingerprint density at radius 3 is 2.68 bits per heavy atom. The second kappa shape index (κ2) is 8.60. The van der Waals surface area contributed by atoms with Crippen LogP contribution < -0.4 is 29.6 Å². The van der Waals surface area contributed by atoms with E-state index in [0.29, 0.717) is 21.5 Å². The zero-order valence-corrected chi connectivity index (χ0v) is 19.9. The third kappa shape index (κ3) is 3.81. The number of hydrogen-bond donors (Lipinski definition) is 2. The van der Waals surface area contributed by atoms with Crippen molar-refractivity contribution in [1.29, 1.82) is 0 Å². The fourth-order valence-corrected chi connectivity index (χ4v) is 4.99. The smallest absolute Gasteiger partial charge is 1.00 e. The Labute approximate surface area is 208 Å². The van der Waals surface area contributed by atoms with Gasteiger partial charge >= 0.3 is 35.5 Å². The number of aromatic carboxylic acids is 1. The Balaban J connectivity index is 0.00000144. The molecule has 4 aromatic rings. The SMILES string of the molecule is O=C(O)c1cccc(Sc2c(C3CC3)n(-c3cn[nH]c3)c3c(F)c(Cl)ccc23)c1F.[H-].[Na+]. The minimum absolute atomic E-state index is 0. The van der Waals surface area contributed by atoms with Crippen LogP contribution in [-0.4, -0.2) is 25.8 Å². The van der Waals surface area contributed by atoms with E-state index < -0.39 is 23.2 Å². The van der Waals surface area contributed by atoms with E-state index in [1.807, 2.05) is 0 Å². The average Bonchev–Trinajstić information content (AvgIpc) is 3.30. The predicted octanol–water partition coefficient (Wildman–Crippen LogP) is 3.13. The molecular weight excluding hydrogens is 455 g/mol. The van der Waals surface area contributed by atoms with E-state index in [1.165, 1.54) is 24.3 Å². The number of carboxylic acids is 1. The van der Waals surface area contributed by atoms with Crippen molar-refractivity contribution in [2.24, 2.45) is 0 Å². The molecule has 1 saturated carbocycles. The first-order chi connectivity index (χ1) is 14.5. The zero-order chi connectivity index (χ0) is 21.0. The Morgan fingerprint density at radius 1 is 1.26 bits per heavy atom. The molecule has 31 heavy (non-hydrogen) atoms. The normalized spacial score (nSPS) is 13.4. The second-order valence-electron chi connectivity index (χ2n) is 7.06. The third-order valence-electron chi connectivity index (χ3n) is 5.12. The minimum Gasteiger partial charge on any atom is -1.00 e. The van der Waals surface area contributed by atoms with Gasteiger partial charge < -0.3 is 11.1 Å². The number of rotatable bonds is 5. The molecule has 2 aromatic heterocycles. The maximum absolute atomic E-state index is 15.2. The van der Waals surface area contributed by atoms with E-state index in [2.05, 4.69) is 10.2 Å². The van der Waals surface area contributed by atoms with Crippen molar-refractivity contribution in [3.05, 3.63) is 70.6 Å². The molecule has 2 heterocycles. The molecule has 5 rings (SSSR count). The summed E-state index contributed by atoms with van der Waals surface area (Å²) in [7, 11) is 0. The van der Waals surface area contributed by atoms with Crippen LogP contribution >= 0.6 is 23.4 Å². The van der Waals surface area contributed by atoms with Gasteiger partial charge in [-0.15, -0.1) is 0 Å². The molecule has 1 aliphatic rings.